The molecule has 1 heterocycles. The van der Waals surface area contributed by atoms with Gasteiger partial charge >= 0.3 is 60.7 Å². The van der Waals surface area contributed by atoms with Crippen molar-refractivity contribution in [2.24, 2.45) is 0 Å². The van der Waals surface area contributed by atoms with Crippen molar-refractivity contribution in [2.75, 3.05) is 19.0 Å². The van der Waals surface area contributed by atoms with Crippen LogP contribution in [0.5, 0.6) is 0 Å². The van der Waals surface area contributed by atoms with E-state index in [0.717, 1.165) is 0 Å². The number of anilines is 1. The summed E-state index contributed by atoms with van der Waals surface area (Å²) in [6.45, 7) is 2.04. The van der Waals surface area contributed by atoms with Gasteiger partial charge in [0.25, 0.3) is 0 Å². The Morgan fingerprint density at radius 2 is 2.22 bits per heavy atom. The summed E-state index contributed by atoms with van der Waals surface area (Å²) in [5.41, 5.74) is 1.17. The molecule has 9 heavy (non-hydrogen) atoms. The minimum absolute atomic E-state index is 0.494. The van der Waals surface area contributed by atoms with Crippen LogP contribution < -0.4 is 4.90 Å². The Morgan fingerprint density at radius 1 is 1.56 bits per heavy atom. The van der Waals surface area contributed by atoms with Crippen LogP contribution in [0, 0.1) is 6.92 Å². The number of aryl methyl sites for hydroxylation is 1. The monoisotopic (exact) mass is 190 g/mol. The van der Waals surface area contributed by atoms with Crippen LogP contribution in [0.1, 0.15) is 5.69 Å². The van der Waals surface area contributed by atoms with Crippen molar-refractivity contribution in [3.05, 3.63) is 10.6 Å². The molecule has 0 aliphatic rings. The molecular formula is C6H10N2Se. The van der Waals surface area contributed by atoms with Crippen molar-refractivity contribution in [2.45, 2.75) is 6.92 Å². The predicted octanol–water partition coefficient (Wildman–Crippen LogP) is 0.513. The van der Waals surface area contributed by atoms with E-state index in [-0.39, 0.29) is 0 Å². The zero-order valence-corrected chi connectivity index (χ0v) is 7.59. The van der Waals surface area contributed by atoms with Crippen LogP contribution in [-0.2, 0) is 0 Å². The summed E-state index contributed by atoms with van der Waals surface area (Å²) in [4.78, 5) is 8.59. The molecule has 1 aromatic rings. The van der Waals surface area contributed by atoms with E-state index in [1.165, 1.54) is 10.4 Å². The van der Waals surface area contributed by atoms with E-state index in [1.807, 2.05) is 21.0 Å². The third-order valence-corrected chi connectivity index (χ3v) is 3.35. The Morgan fingerprint density at radius 3 is 2.44 bits per heavy atom. The summed E-state index contributed by atoms with van der Waals surface area (Å²) in [5.74, 6) is 0. The van der Waals surface area contributed by atoms with Crippen LogP contribution in [0.4, 0.5) is 4.69 Å². The van der Waals surface area contributed by atoms with Crippen LogP contribution in [0.15, 0.2) is 4.94 Å². The second kappa shape index (κ2) is 2.54. The number of aromatic nitrogens is 1. The fourth-order valence-electron chi connectivity index (χ4n) is 0.547. The Bertz CT molecular complexity index is 193. The molecule has 0 saturated carbocycles. The number of hydrogen-bond donors (Lipinski definition) is 0. The molecule has 0 spiro atoms. The molecule has 0 atom stereocenters. The standard InChI is InChI=1S/C6H10N2Se/c1-5-4-9-6(7-5)8(2)3/h4H,1-3H3. The van der Waals surface area contributed by atoms with E-state index >= 15 is 0 Å². The summed E-state index contributed by atoms with van der Waals surface area (Å²) in [6.07, 6.45) is 0. The Kier molecular flexibility index (Phi) is 1.93. The molecular weight excluding hydrogens is 179 g/mol. The van der Waals surface area contributed by atoms with E-state index < -0.39 is 0 Å². The fourth-order valence-corrected chi connectivity index (χ4v) is 2.09. The second-order valence-corrected chi connectivity index (χ2v) is 3.92. The van der Waals surface area contributed by atoms with Crippen LogP contribution in [-0.4, -0.2) is 33.6 Å². The molecule has 1 aromatic heterocycles. The quantitative estimate of drug-likeness (QED) is 0.598. The van der Waals surface area contributed by atoms with Gasteiger partial charge in [0.05, 0.1) is 0 Å². The molecule has 0 aromatic carbocycles. The van der Waals surface area contributed by atoms with E-state index in [9.17, 15) is 0 Å². The molecule has 3 heteroatoms. The van der Waals surface area contributed by atoms with Gasteiger partial charge < -0.3 is 0 Å². The molecule has 2 nitrogen and oxygen atoms in total. The Hall–Kier alpha value is -0.271. The second-order valence-electron chi connectivity index (χ2n) is 2.17. The molecule has 0 fully saturated rings. The van der Waals surface area contributed by atoms with Gasteiger partial charge in [-0.25, -0.2) is 0 Å². The third-order valence-electron chi connectivity index (χ3n) is 0.989. The van der Waals surface area contributed by atoms with Gasteiger partial charge in [0.15, 0.2) is 0 Å². The average Bonchev–Trinajstić information content (AvgIpc) is 2.14. The summed E-state index contributed by atoms with van der Waals surface area (Å²) in [6, 6.07) is 0. The van der Waals surface area contributed by atoms with Gasteiger partial charge in [0, 0.05) is 0 Å². The summed E-state index contributed by atoms with van der Waals surface area (Å²) < 4.78 is 1.22. The molecule has 0 amide bonds. The van der Waals surface area contributed by atoms with Crippen molar-refractivity contribution in [1.29, 1.82) is 0 Å². The summed E-state index contributed by atoms with van der Waals surface area (Å²) in [5, 5.41) is 0. The van der Waals surface area contributed by atoms with E-state index in [4.69, 9.17) is 0 Å². The molecule has 50 valence electrons. The maximum absolute atomic E-state index is 4.32. The van der Waals surface area contributed by atoms with Gasteiger partial charge in [0.1, 0.15) is 0 Å². The van der Waals surface area contributed by atoms with Crippen LogP contribution in [0.25, 0.3) is 0 Å². The van der Waals surface area contributed by atoms with Gasteiger partial charge in [-0.3, -0.25) is 0 Å². The van der Waals surface area contributed by atoms with Gasteiger partial charge in [-0.1, -0.05) is 0 Å². The van der Waals surface area contributed by atoms with Crippen LogP contribution in [0.3, 0.4) is 0 Å². The van der Waals surface area contributed by atoms with Crippen LogP contribution >= 0.6 is 0 Å². The van der Waals surface area contributed by atoms with E-state index in [0.29, 0.717) is 14.5 Å². The van der Waals surface area contributed by atoms with Crippen molar-refractivity contribution < 1.29 is 0 Å². The predicted molar refractivity (Wildman–Crippen MR) is 40.2 cm³/mol. The number of hydrogen-bond acceptors (Lipinski definition) is 2. The zero-order chi connectivity index (χ0) is 6.85. The van der Waals surface area contributed by atoms with Gasteiger partial charge in [0.2, 0.25) is 0 Å². The van der Waals surface area contributed by atoms with Gasteiger partial charge in [-0.2, -0.15) is 0 Å². The molecule has 0 unspecified atom stereocenters. The van der Waals surface area contributed by atoms with Gasteiger partial charge in [-0.05, 0) is 0 Å². The molecule has 0 N–H and O–H groups in total. The SMILES string of the molecule is Cc1c[se]c(N(C)C)n1. The van der Waals surface area contributed by atoms with Crippen molar-refractivity contribution in [3.63, 3.8) is 0 Å². The third kappa shape index (κ3) is 1.57. The van der Waals surface area contributed by atoms with E-state index in [2.05, 4.69) is 14.8 Å². The maximum atomic E-state index is 4.32. The number of nitrogens with zero attached hydrogens (tertiary/aromatic N) is 2. The zero-order valence-electron chi connectivity index (χ0n) is 5.88. The first-order chi connectivity index (χ1) is 4.20. The first-order valence-corrected chi connectivity index (χ1v) is 4.64. The summed E-state index contributed by atoms with van der Waals surface area (Å²) in [7, 11) is 4.07. The van der Waals surface area contributed by atoms with Gasteiger partial charge in [-0.15, -0.1) is 0 Å². The minimum atomic E-state index is 0.494. The first kappa shape index (κ1) is 6.84. The Labute approximate surface area is 61.3 Å². The molecule has 0 aliphatic carbocycles. The van der Waals surface area contributed by atoms with Crippen molar-refractivity contribution in [1.82, 2.24) is 4.98 Å². The normalized spacial score (nSPS) is 9.67. The molecule has 0 aliphatic heterocycles. The van der Waals surface area contributed by atoms with Crippen LogP contribution in [0.2, 0.25) is 0 Å². The summed E-state index contributed by atoms with van der Waals surface area (Å²) >= 11 is 0.494. The van der Waals surface area contributed by atoms with Crippen molar-refractivity contribution in [3.8, 4) is 0 Å². The molecule has 0 saturated heterocycles. The fraction of sp³-hybridized carbons (Fsp3) is 0.500. The van der Waals surface area contributed by atoms with Crippen molar-refractivity contribution >= 4 is 19.2 Å². The molecule has 0 radical (unpaired) electrons. The number of rotatable bonds is 1. The average molecular weight is 189 g/mol. The first-order valence-electron chi connectivity index (χ1n) is 2.79. The Balaban J connectivity index is 2.85. The topological polar surface area (TPSA) is 16.1 Å². The molecule has 0 bridgehead atoms. The van der Waals surface area contributed by atoms with E-state index in [1.54, 1.807) is 0 Å². The molecule has 1 rings (SSSR count).